The third-order valence-corrected chi connectivity index (χ3v) is 6.06. The summed E-state index contributed by atoms with van der Waals surface area (Å²) in [5.74, 6) is 4.94. The molecule has 0 spiro atoms. The Hall–Kier alpha value is -1.28. The second-order valence-corrected chi connectivity index (χ2v) is 7.58. The van der Waals surface area contributed by atoms with Gasteiger partial charge < -0.3 is 10.1 Å². The third kappa shape index (κ3) is 2.81. The summed E-state index contributed by atoms with van der Waals surface area (Å²) < 4.78 is 5.54. The highest BCUT2D eigenvalue weighted by Crippen LogP contribution is 2.53. The highest BCUT2D eigenvalue weighted by Gasteiger charge is 2.47. The van der Waals surface area contributed by atoms with Gasteiger partial charge in [0.15, 0.2) is 0 Å². The minimum atomic E-state index is 0.575. The predicted octanol–water partition coefficient (Wildman–Crippen LogP) is 4.17. The van der Waals surface area contributed by atoms with Crippen LogP contribution in [0.15, 0.2) is 36.9 Å². The Balaban J connectivity index is 1.33. The van der Waals surface area contributed by atoms with Gasteiger partial charge in [0.2, 0.25) is 0 Å². The molecule has 1 aromatic carbocycles. The lowest BCUT2D eigenvalue weighted by atomic mass is 9.54. The summed E-state index contributed by atoms with van der Waals surface area (Å²) in [6.45, 7) is 5.25. The second-order valence-electron chi connectivity index (χ2n) is 7.58. The molecular weight excluding hydrogens is 270 g/mol. The van der Waals surface area contributed by atoms with Crippen LogP contribution in [-0.2, 0) is 6.54 Å². The zero-order valence-electron chi connectivity index (χ0n) is 13.3. The van der Waals surface area contributed by atoms with Crippen molar-refractivity contribution < 1.29 is 4.74 Å². The molecule has 0 aliphatic heterocycles. The quantitative estimate of drug-likeness (QED) is 0.796. The van der Waals surface area contributed by atoms with E-state index < -0.39 is 0 Å². The zero-order chi connectivity index (χ0) is 14.9. The standard InChI is InChI=1S/C20H27NO/c1-2-7-22-19-5-3-14(4-6-19)13-21-20-17-9-15-8-16(11-17)12-18(20)10-15/h2-6,15-18,20-21H,1,7-13H2. The van der Waals surface area contributed by atoms with Crippen molar-refractivity contribution in [1.82, 2.24) is 5.32 Å². The van der Waals surface area contributed by atoms with E-state index in [2.05, 4.69) is 36.2 Å². The fourth-order valence-electron chi connectivity index (χ4n) is 5.35. The molecule has 1 aromatic rings. The molecule has 5 rings (SSSR count). The van der Waals surface area contributed by atoms with Gasteiger partial charge in [0, 0.05) is 12.6 Å². The van der Waals surface area contributed by atoms with Crippen molar-refractivity contribution in [3.05, 3.63) is 42.5 Å². The van der Waals surface area contributed by atoms with Gasteiger partial charge in [-0.1, -0.05) is 24.8 Å². The lowest BCUT2D eigenvalue weighted by Crippen LogP contribution is -2.54. The maximum Gasteiger partial charge on any atom is 0.119 e. The summed E-state index contributed by atoms with van der Waals surface area (Å²) in [5, 5.41) is 3.89. The van der Waals surface area contributed by atoms with Crippen molar-refractivity contribution >= 4 is 0 Å². The molecule has 4 fully saturated rings. The van der Waals surface area contributed by atoms with Gasteiger partial charge in [0.05, 0.1) is 0 Å². The van der Waals surface area contributed by atoms with E-state index in [1.54, 1.807) is 6.08 Å². The molecule has 4 bridgehead atoms. The molecular formula is C20H27NO. The maximum absolute atomic E-state index is 5.54. The van der Waals surface area contributed by atoms with Crippen LogP contribution in [0.4, 0.5) is 0 Å². The minimum Gasteiger partial charge on any atom is -0.490 e. The molecule has 22 heavy (non-hydrogen) atoms. The Morgan fingerprint density at radius 2 is 1.64 bits per heavy atom. The van der Waals surface area contributed by atoms with Crippen molar-refractivity contribution in [1.29, 1.82) is 0 Å². The van der Waals surface area contributed by atoms with E-state index >= 15 is 0 Å². The summed E-state index contributed by atoms with van der Waals surface area (Å²) in [7, 11) is 0. The van der Waals surface area contributed by atoms with Gasteiger partial charge in [-0.25, -0.2) is 0 Å². The molecule has 1 N–H and O–H groups in total. The summed E-state index contributed by atoms with van der Waals surface area (Å²) in [4.78, 5) is 0. The van der Waals surface area contributed by atoms with Gasteiger partial charge in [0.25, 0.3) is 0 Å². The van der Waals surface area contributed by atoms with Crippen molar-refractivity contribution in [3.63, 3.8) is 0 Å². The molecule has 0 atom stereocenters. The van der Waals surface area contributed by atoms with Crippen LogP contribution < -0.4 is 10.1 Å². The summed E-state index contributed by atoms with van der Waals surface area (Å²) in [6, 6.07) is 9.27. The highest BCUT2D eigenvalue weighted by atomic mass is 16.5. The van der Waals surface area contributed by atoms with Crippen molar-refractivity contribution in [2.45, 2.75) is 44.7 Å². The van der Waals surface area contributed by atoms with Gasteiger partial charge in [-0.15, -0.1) is 0 Å². The van der Waals surface area contributed by atoms with Crippen LogP contribution in [0.5, 0.6) is 5.75 Å². The maximum atomic E-state index is 5.54. The molecule has 4 aliphatic rings. The van der Waals surface area contributed by atoms with Gasteiger partial charge in [-0.2, -0.15) is 0 Å². The molecule has 118 valence electrons. The fourth-order valence-corrected chi connectivity index (χ4v) is 5.35. The lowest BCUT2D eigenvalue weighted by Gasteiger charge is -2.54. The van der Waals surface area contributed by atoms with Crippen LogP contribution in [0.1, 0.15) is 37.7 Å². The largest absolute Gasteiger partial charge is 0.490 e. The Morgan fingerprint density at radius 1 is 1.00 bits per heavy atom. The van der Waals surface area contributed by atoms with Gasteiger partial charge in [-0.3, -0.25) is 0 Å². The smallest absolute Gasteiger partial charge is 0.119 e. The summed E-state index contributed by atoms with van der Waals surface area (Å²) in [5.41, 5.74) is 1.36. The first-order valence-electron chi connectivity index (χ1n) is 8.88. The van der Waals surface area contributed by atoms with Gasteiger partial charge >= 0.3 is 0 Å². The average molecular weight is 297 g/mol. The first-order chi connectivity index (χ1) is 10.8. The molecule has 4 aliphatic carbocycles. The SMILES string of the molecule is C=CCOc1ccc(CNC2C3CC4CC(C3)CC2C4)cc1. The molecule has 0 amide bonds. The Labute approximate surface area is 133 Å². The number of hydrogen-bond acceptors (Lipinski definition) is 2. The monoisotopic (exact) mass is 297 g/mol. The van der Waals surface area contributed by atoms with E-state index in [9.17, 15) is 0 Å². The highest BCUT2D eigenvalue weighted by molar-refractivity contribution is 5.27. The van der Waals surface area contributed by atoms with Crippen molar-refractivity contribution in [2.75, 3.05) is 6.61 Å². The normalized spacial score (nSPS) is 35.5. The summed E-state index contributed by atoms with van der Waals surface area (Å²) in [6.07, 6.45) is 9.25. The number of benzene rings is 1. The topological polar surface area (TPSA) is 21.3 Å². The molecule has 0 saturated heterocycles. The second kappa shape index (κ2) is 6.08. The Bertz CT molecular complexity index is 493. The van der Waals surface area contributed by atoms with Crippen LogP contribution >= 0.6 is 0 Å². The van der Waals surface area contributed by atoms with Crippen molar-refractivity contribution in [3.8, 4) is 5.75 Å². The predicted molar refractivity (Wildman–Crippen MR) is 89.8 cm³/mol. The Morgan fingerprint density at radius 3 is 2.23 bits per heavy atom. The van der Waals surface area contributed by atoms with Gasteiger partial charge in [0.1, 0.15) is 12.4 Å². The molecule has 0 heterocycles. The molecule has 0 radical (unpaired) electrons. The Kier molecular flexibility index (Phi) is 3.96. The van der Waals surface area contributed by atoms with Crippen LogP contribution in [0.25, 0.3) is 0 Å². The molecule has 0 unspecified atom stereocenters. The average Bonchev–Trinajstić information content (AvgIpc) is 2.53. The van der Waals surface area contributed by atoms with E-state index in [0.29, 0.717) is 6.61 Å². The zero-order valence-corrected chi connectivity index (χ0v) is 13.3. The molecule has 0 aromatic heterocycles. The first-order valence-corrected chi connectivity index (χ1v) is 8.88. The van der Waals surface area contributed by atoms with Crippen LogP contribution in [-0.4, -0.2) is 12.6 Å². The molecule has 2 nitrogen and oxygen atoms in total. The van der Waals surface area contributed by atoms with E-state index in [0.717, 1.165) is 42.0 Å². The third-order valence-electron chi connectivity index (χ3n) is 6.06. The van der Waals surface area contributed by atoms with E-state index in [1.165, 1.54) is 37.7 Å². The van der Waals surface area contributed by atoms with Crippen LogP contribution in [0, 0.1) is 23.7 Å². The van der Waals surface area contributed by atoms with Gasteiger partial charge in [-0.05, 0) is 73.5 Å². The van der Waals surface area contributed by atoms with Crippen molar-refractivity contribution in [2.24, 2.45) is 23.7 Å². The van der Waals surface area contributed by atoms with E-state index in [4.69, 9.17) is 4.74 Å². The minimum absolute atomic E-state index is 0.575. The van der Waals surface area contributed by atoms with Crippen LogP contribution in [0.3, 0.4) is 0 Å². The van der Waals surface area contributed by atoms with Crippen LogP contribution in [0.2, 0.25) is 0 Å². The number of ether oxygens (including phenoxy) is 1. The number of rotatable bonds is 6. The summed E-state index contributed by atoms with van der Waals surface area (Å²) >= 11 is 0. The number of nitrogens with one attached hydrogen (secondary N) is 1. The fraction of sp³-hybridized carbons (Fsp3) is 0.600. The van der Waals surface area contributed by atoms with E-state index in [-0.39, 0.29) is 0 Å². The molecule has 2 heteroatoms. The lowest BCUT2D eigenvalue weighted by molar-refractivity contribution is -0.0142. The van der Waals surface area contributed by atoms with E-state index in [1.807, 2.05) is 0 Å². The molecule has 4 saturated carbocycles. The number of hydrogen-bond donors (Lipinski definition) is 1. The first kappa shape index (κ1) is 14.3.